The summed E-state index contributed by atoms with van der Waals surface area (Å²) in [6, 6.07) is 4.27. The largest absolute Gasteiger partial charge is 0.416 e. The third-order valence-electron chi connectivity index (χ3n) is 6.83. The lowest BCUT2D eigenvalue weighted by Gasteiger charge is -2.21. The number of nitrogens with zero attached hydrogens (tertiary/aromatic N) is 2. The van der Waals surface area contributed by atoms with Gasteiger partial charge in [-0.25, -0.2) is 18.1 Å². The lowest BCUT2D eigenvalue weighted by atomic mass is 9.94. The van der Waals surface area contributed by atoms with E-state index >= 15 is 0 Å². The molecular formula is C27H19BClF5N4O5. The summed E-state index contributed by atoms with van der Waals surface area (Å²) in [4.78, 5) is 40.0. The second kappa shape index (κ2) is 10.5. The molecule has 4 N–H and O–H groups in total. The van der Waals surface area contributed by atoms with Crippen molar-refractivity contribution in [3.8, 4) is 0 Å². The van der Waals surface area contributed by atoms with Crippen LogP contribution >= 0.6 is 11.6 Å². The number of rotatable bonds is 6. The first-order valence-electron chi connectivity index (χ1n) is 12.5. The quantitative estimate of drug-likeness (QED) is 0.148. The Labute approximate surface area is 244 Å². The Kier molecular flexibility index (Phi) is 7.39. The topological polar surface area (TPSA) is 126 Å². The molecule has 5 rings (SSSR count). The maximum Gasteiger partial charge on any atom is 0.416 e. The summed E-state index contributed by atoms with van der Waals surface area (Å²) in [6.07, 6.45) is -4.64. The number of imidazole rings is 1. The highest BCUT2D eigenvalue weighted by atomic mass is 35.5. The minimum Gasteiger partial charge on any atom is -0.357 e. The van der Waals surface area contributed by atoms with Crippen LogP contribution in [0.25, 0.3) is 11.0 Å². The van der Waals surface area contributed by atoms with E-state index < -0.39 is 63.9 Å². The number of benzene rings is 3. The predicted octanol–water partition coefficient (Wildman–Crippen LogP) is 3.97. The Morgan fingerprint density at radius 1 is 1.09 bits per heavy atom. The van der Waals surface area contributed by atoms with Crippen LogP contribution in [0.4, 0.5) is 27.6 Å². The van der Waals surface area contributed by atoms with Crippen molar-refractivity contribution >= 4 is 48.0 Å². The van der Waals surface area contributed by atoms with Crippen LogP contribution in [-0.4, -0.2) is 39.0 Å². The second-order valence-corrected chi connectivity index (χ2v) is 10.2. The van der Waals surface area contributed by atoms with Crippen LogP contribution < -0.4 is 16.3 Å². The molecule has 2 radical (unpaired) electrons. The van der Waals surface area contributed by atoms with Crippen LogP contribution in [0.3, 0.4) is 0 Å². The molecule has 0 spiro atoms. The molecule has 1 aliphatic heterocycles. The van der Waals surface area contributed by atoms with Gasteiger partial charge in [0.15, 0.2) is 13.7 Å². The fourth-order valence-electron chi connectivity index (χ4n) is 5.13. The van der Waals surface area contributed by atoms with E-state index in [2.05, 4.69) is 10.6 Å². The highest BCUT2D eigenvalue weighted by Gasteiger charge is 2.40. The van der Waals surface area contributed by atoms with Gasteiger partial charge in [-0.1, -0.05) is 18.5 Å². The predicted molar refractivity (Wildman–Crippen MR) is 145 cm³/mol. The Balaban J connectivity index is 1.82. The van der Waals surface area contributed by atoms with E-state index in [4.69, 9.17) is 19.4 Å². The van der Waals surface area contributed by atoms with E-state index in [-0.39, 0.29) is 45.5 Å². The molecule has 3 aromatic carbocycles. The molecule has 0 aliphatic carbocycles. The average Bonchev–Trinajstić information content (AvgIpc) is 3.39. The van der Waals surface area contributed by atoms with Gasteiger partial charge in [-0.05, 0) is 48.9 Å². The number of aromatic nitrogens is 2. The van der Waals surface area contributed by atoms with Crippen LogP contribution in [0.1, 0.15) is 56.8 Å². The number of fused-ring (bicyclic) bond motifs is 3. The van der Waals surface area contributed by atoms with Gasteiger partial charge >= 0.3 is 11.9 Å². The van der Waals surface area contributed by atoms with Gasteiger partial charge in [0.1, 0.15) is 11.6 Å². The van der Waals surface area contributed by atoms with Gasteiger partial charge in [0.2, 0.25) is 0 Å². The SMILES string of the molecule is [B]C(O)(O)n1c(=O)n(CCC)c2cc(NC(=O)c3cc(F)cc(C(F)(F)F)c3)c3c(c21)C(=O)NC3c1cc(F)ccc1Cl. The summed E-state index contributed by atoms with van der Waals surface area (Å²) >= 11 is 6.30. The van der Waals surface area contributed by atoms with E-state index in [1.54, 1.807) is 6.92 Å². The van der Waals surface area contributed by atoms with Crippen molar-refractivity contribution in [2.75, 3.05) is 5.32 Å². The zero-order chi connectivity index (χ0) is 31.6. The first kappa shape index (κ1) is 30.3. The number of aryl methyl sites for hydroxylation is 1. The summed E-state index contributed by atoms with van der Waals surface area (Å²) in [5.74, 6) is -7.56. The van der Waals surface area contributed by atoms with Crippen molar-refractivity contribution in [2.24, 2.45) is 0 Å². The zero-order valence-electron chi connectivity index (χ0n) is 21.9. The number of alkyl halides is 3. The number of carbonyl (C=O) groups is 2. The summed E-state index contributed by atoms with van der Waals surface area (Å²) in [5.41, 5.74) is -4.50. The molecule has 0 saturated heterocycles. The maximum absolute atomic E-state index is 14.3. The molecule has 1 aromatic heterocycles. The fourth-order valence-corrected chi connectivity index (χ4v) is 5.35. The van der Waals surface area contributed by atoms with Crippen LogP contribution in [0, 0.1) is 11.6 Å². The van der Waals surface area contributed by atoms with Gasteiger partial charge in [0.05, 0.1) is 28.2 Å². The maximum atomic E-state index is 14.3. The van der Waals surface area contributed by atoms with E-state index in [0.717, 1.165) is 22.8 Å². The van der Waals surface area contributed by atoms with Crippen molar-refractivity contribution in [2.45, 2.75) is 37.9 Å². The number of amides is 2. The number of nitrogens with one attached hydrogen (secondary N) is 2. The minimum absolute atomic E-state index is 0.0115. The molecule has 2 heterocycles. The normalized spacial score (nSPS) is 15.1. The molecule has 222 valence electrons. The first-order valence-corrected chi connectivity index (χ1v) is 12.9. The van der Waals surface area contributed by atoms with E-state index in [1.165, 1.54) is 6.07 Å². The molecule has 1 aliphatic rings. The molecule has 1 unspecified atom stereocenters. The minimum atomic E-state index is -4.98. The number of halogens is 6. The van der Waals surface area contributed by atoms with Crippen LogP contribution in [-0.2, 0) is 18.5 Å². The van der Waals surface area contributed by atoms with Gasteiger partial charge < -0.3 is 20.8 Å². The van der Waals surface area contributed by atoms with Gasteiger partial charge in [0.25, 0.3) is 11.8 Å². The smallest absolute Gasteiger partial charge is 0.357 e. The molecule has 1 atom stereocenters. The number of anilines is 1. The highest BCUT2D eigenvalue weighted by molar-refractivity contribution is 6.31. The molecule has 43 heavy (non-hydrogen) atoms. The van der Waals surface area contributed by atoms with Crippen LogP contribution in [0.2, 0.25) is 5.02 Å². The van der Waals surface area contributed by atoms with Gasteiger partial charge in [0, 0.05) is 33.9 Å². The summed E-state index contributed by atoms with van der Waals surface area (Å²) in [6.45, 7) is 1.67. The van der Waals surface area contributed by atoms with Crippen molar-refractivity contribution in [3.63, 3.8) is 0 Å². The third-order valence-corrected chi connectivity index (χ3v) is 7.17. The van der Waals surface area contributed by atoms with Gasteiger partial charge in [-0.15, -0.1) is 0 Å². The van der Waals surface area contributed by atoms with E-state index in [9.17, 15) is 46.5 Å². The Morgan fingerprint density at radius 3 is 2.42 bits per heavy atom. The number of hydrogen-bond donors (Lipinski definition) is 4. The second-order valence-electron chi connectivity index (χ2n) is 9.79. The Hall–Kier alpha value is -4.21. The summed E-state index contributed by atoms with van der Waals surface area (Å²) in [7, 11) is 5.48. The number of carbonyl (C=O) groups excluding carboxylic acids is 2. The summed E-state index contributed by atoms with van der Waals surface area (Å²) < 4.78 is 69.8. The lowest BCUT2D eigenvalue weighted by molar-refractivity contribution is -0.151. The van der Waals surface area contributed by atoms with Crippen molar-refractivity contribution in [3.05, 3.63) is 97.4 Å². The highest BCUT2D eigenvalue weighted by Crippen LogP contribution is 2.43. The Morgan fingerprint density at radius 2 is 1.79 bits per heavy atom. The van der Waals surface area contributed by atoms with E-state index in [0.29, 0.717) is 23.1 Å². The molecule has 4 aromatic rings. The molecule has 0 fully saturated rings. The molecule has 0 bridgehead atoms. The van der Waals surface area contributed by atoms with Crippen LogP contribution in [0.15, 0.2) is 47.3 Å². The number of hydrogen-bond acceptors (Lipinski definition) is 5. The fraction of sp³-hybridized carbons (Fsp3) is 0.222. The first-order chi connectivity index (χ1) is 20.0. The van der Waals surface area contributed by atoms with E-state index in [1.807, 2.05) is 0 Å². The molecule has 16 heteroatoms. The third kappa shape index (κ3) is 5.28. The van der Waals surface area contributed by atoms with Crippen LogP contribution in [0.5, 0.6) is 0 Å². The van der Waals surface area contributed by atoms with Gasteiger partial charge in [-0.2, -0.15) is 13.2 Å². The van der Waals surface area contributed by atoms with Crippen molar-refractivity contribution in [1.82, 2.24) is 14.5 Å². The summed E-state index contributed by atoms with van der Waals surface area (Å²) in [5, 5.41) is 25.5. The number of aliphatic hydroxyl groups is 2. The lowest BCUT2D eigenvalue weighted by Crippen LogP contribution is -2.42. The van der Waals surface area contributed by atoms with Crippen molar-refractivity contribution < 1.29 is 41.8 Å². The van der Waals surface area contributed by atoms with Gasteiger partial charge in [-0.3, -0.25) is 14.2 Å². The zero-order valence-corrected chi connectivity index (χ0v) is 22.6. The molecule has 9 nitrogen and oxygen atoms in total. The molecular weight excluding hydrogens is 602 g/mol. The molecule has 0 saturated carbocycles. The monoisotopic (exact) mass is 620 g/mol. The Bertz CT molecular complexity index is 1880. The standard InChI is InChI=1S/C27H19BClF5N4O5/c1-2-5-37-18-10-17(35-23(39)11-6-12(26(32,33)34)8-14(31)7-11)19-20(22(18)38(25(37)41)27(28,42)43)24(40)36-21(19)15-9-13(30)3-4-16(15)29/h3-4,6-10,21,42-43H,2,5H2,1H3,(H,35,39)(H,36,40). The molecule has 2 amide bonds. The average molecular weight is 621 g/mol. The van der Waals surface area contributed by atoms with Crippen molar-refractivity contribution in [1.29, 1.82) is 0 Å².